The molecule has 322 valence electrons. The van der Waals surface area contributed by atoms with E-state index in [-0.39, 0.29) is 69.4 Å². The van der Waals surface area contributed by atoms with Gasteiger partial charge in [0, 0.05) is 26.1 Å². The highest BCUT2D eigenvalue weighted by Crippen LogP contribution is 2.23. The smallest absolute Gasteiger partial charge is 0.326 e. The number of carboxylic acid groups (broad SMARTS) is 1. The molecule has 6 amide bonds. The van der Waals surface area contributed by atoms with Crippen molar-refractivity contribution < 1.29 is 43.8 Å². The zero-order valence-corrected chi connectivity index (χ0v) is 34.1. The van der Waals surface area contributed by atoms with Gasteiger partial charge in [0.05, 0.1) is 6.04 Å². The second-order valence-electron chi connectivity index (χ2n) is 15.9. The van der Waals surface area contributed by atoms with Crippen LogP contribution in [0.2, 0.25) is 0 Å². The van der Waals surface area contributed by atoms with Crippen molar-refractivity contribution >= 4 is 47.4 Å². The fourth-order valence-electron chi connectivity index (χ4n) is 7.15. The predicted molar refractivity (Wildman–Crippen MR) is 214 cm³/mol. The molecule has 0 aliphatic carbocycles. The molecule has 1 aromatic rings. The first-order valence-electron chi connectivity index (χ1n) is 19.9. The summed E-state index contributed by atoms with van der Waals surface area (Å²) in [7, 11) is 0. The number of carbonyl (C=O) groups excluding carboxylic acids is 6. The number of likely N-dealkylation sites (tertiary alicyclic amines) is 2. The molecule has 0 aromatic heterocycles. The summed E-state index contributed by atoms with van der Waals surface area (Å²) in [4.78, 5) is 101. The van der Waals surface area contributed by atoms with E-state index < -0.39 is 89.6 Å². The summed E-state index contributed by atoms with van der Waals surface area (Å²) in [5.74, 6) is -5.35. The third kappa shape index (κ3) is 13.6. The molecule has 0 saturated carbocycles. The lowest BCUT2D eigenvalue weighted by Crippen LogP contribution is -2.60. The van der Waals surface area contributed by atoms with Crippen molar-refractivity contribution in [1.82, 2.24) is 31.1 Å². The molecule has 12 N–H and O–H groups in total. The Labute approximate surface area is 339 Å². The SMILES string of the molecule is CC(C)CC(NC(=O)C(NC(=O)C(CCCN=C(N)N)NC(=O)C1CCCN1C(=O)C(Cc1ccc(O)cc1)NC(=O)C(C)N)C(C)C)C(=O)N1CCCC1C(=O)O. The molecule has 19 nitrogen and oxygen atoms in total. The van der Waals surface area contributed by atoms with Crippen molar-refractivity contribution in [3.8, 4) is 5.75 Å². The van der Waals surface area contributed by atoms with Gasteiger partial charge in [-0.2, -0.15) is 0 Å². The van der Waals surface area contributed by atoms with E-state index in [0.717, 1.165) is 0 Å². The van der Waals surface area contributed by atoms with Gasteiger partial charge in [-0.05, 0) is 81.4 Å². The van der Waals surface area contributed by atoms with Crippen LogP contribution in [-0.2, 0) is 40.0 Å². The first-order valence-corrected chi connectivity index (χ1v) is 19.9. The third-order valence-electron chi connectivity index (χ3n) is 10.2. The van der Waals surface area contributed by atoms with Crippen LogP contribution >= 0.6 is 0 Å². The maximum atomic E-state index is 14.0. The Balaban J connectivity index is 1.83. The lowest BCUT2D eigenvalue weighted by Gasteiger charge is -2.31. The Morgan fingerprint density at radius 1 is 0.776 bits per heavy atom. The van der Waals surface area contributed by atoms with Crippen molar-refractivity contribution in [3.05, 3.63) is 29.8 Å². The molecule has 0 spiro atoms. The van der Waals surface area contributed by atoms with Gasteiger partial charge in [-0.3, -0.25) is 33.8 Å². The molecule has 2 heterocycles. The number of phenols is 1. The lowest BCUT2D eigenvalue weighted by molar-refractivity contribution is -0.149. The minimum absolute atomic E-state index is 0.0263. The van der Waals surface area contributed by atoms with Crippen LogP contribution in [0.15, 0.2) is 29.3 Å². The van der Waals surface area contributed by atoms with Crippen molar-refractivity contribution in [2.45, 2.75) is 128 Å². The van der Waals surface area contributed by atoms with E-state index in [2.05, 4.69) is 26.3 Å². The highest BCUT2D eigenvalue weighted by molar-refractivity contribution is 5.97. The number of aliphatic imine (C=N–C) groups is 1. The van der Waals surface area contributed by atoms with Gasteiger partial charge < -0.3 is 58.5 Å². The predicted octanol–water partition coefficient (Wildman–Crippen LogP) is -0.957. The summed E-state index contributed by atoms with van der Waals surface area (Å²) in [6.07, 6.45) is 2.16. The number of nitrogens with zero attached hydrogens (tertiary/aromatic N) is 3. The van der Waals surface area contributed by atoms with Crippen LogP contribution in [0, 0.1) is 11.8 Å². The zero-order chi connectivity index (χ0) is 43.3. The molecular formula is C39H62N10O9. The van der Waals surface area contributed by atoms with E-state index in [1.807, 2.05) is 13.8 Å². The van der Waals surface area contributed by atoms with Gasteiger partial charge in [-0.25, -0.2) is 4.79 Å². The molecule has 2 aliphatic rings. The second-order valence-corrected chi connectivity index (χ2v) is 15.9. The number of hydrogen-bond donors (Lipinski definition) is 9. The Bertz CT molecular complexity index is 1650. The highest BCUT2D eigenvalue weighted by atomic mass is 16.4. The number of hydrogen-bond acceptors (Lipinski definition) is 10. The van der Waals surface area contributed by atoms with Crippen LogP contribution in [0.25, 0.3) is 0 Å². The maximum absolute atomic E-state index is 14.0. The van der Waals surface area contributed by atoms with Crippen LogP contribution in [-0.4, -0.2) is 129 Å². The minimum Gasteiger partial charge on any atom is -0.508 e. The standard InChI is InChI=1S/C39H62N10O9/c1-21(2)19-27(36(55)49-18-8-11-30(49)38(57)58)46-35(54)31(22(3)4)47-33(52)26(9-6-16-43-39(41)42)44-34(53)29-10-7-17-48(29)37(56)28(45-32(51)23(5)40)20-24-12-14-25(50)15-13-24/h12-15,21-23,26-31,50H,6-11,16-20,40H2,1-5H3,(H,44,53)(H,45,51)(H,46,54)(H,47,52)(H,57,58)(H4,41,42,43). The number of carboxylic acids is 1. The summed E-state index contributed by atoms with van der Waals surface area (Å²) >= 11 is 0. The average Bonchev–Trinajstić information content (AvgIpc) is 3.85. The molecule has 58 heavy (non-hydrogen) atoms. The van der Waals surface area contributed by atoms with Crippen LogP contribution in [0.4, 0.5) is 0 Å². The molecule has 2 aliphatic heterocycles. The number of aliphatic carboxylic acids is 1. The van der Waals surface area contributed by atoms with E-state index in [9.17, 15) is 43.8 Å². The summed E-state index contributed by atoms with van der Waals surface area (Å²) in [6.45, 7) is 9.21. The van der Waals surface area contributed by atoms with E-state index >= 15 is 0 Å². The molecule has 0 radical (unpaired) electrons. The van der Waals surface area contributed by atoms with Crippen LogP contribution < -0.4 is 38.5 Å². The van der Waals surface area contributed by atoms with Gasteiger partial charge in [0.25, 0.3) is 0 Å². The molecular weight excluding hydrogens is 752 g/mol. The van der Waals surface area contributed by atoms with E-state index in [4.69, 9.17) is 17.2 Å². The van der Waals surface area contributed by atoms with Gasteiger partial charge in [0.1, 0.15) is 42.0 Å². The number of nitrogens with two attached hydrogens (primary N) is 3. The number of carbonyl (C=O) groups is 7. The van der Waals surface area contributed by atoms with Crippen molar-refractivity contribution in [2.24, 2.45) is 34.0 Å². The van der Waals surface area contributed by atoms with Crippen LogP contribution in [0.5, 0.6) is 5.75 Å². The quantitative estimate of drug-likeness (QED) is 0.0437. The third-order valence-corrected chi connectivity index (χ3v) is 10.2. The van der Waals surface area contributed by atoms with Gasteiger partial charge in [0.2, 0.25) is 35.4 Å². The normalized spacial score (nSPS) is 19.1. The monoisotopic (exact) mass is 814 g/mol. The molecule has 0 bridgehead atoms. The van der Waals surface area contributed by atoms with Crippen molar-refractivity contribution in [3.63, 3.8) is 0 Å². The number of phenolic OH excluding ortho intramolecular Hbond substituents is 1. The summed E-state index contributed by atoms with van der Waals surface area (Å²) in [5.41, 5.74) is 17.4. The number of benzene rings is 1. The van der Waals surface area contributed by atoms with Crippen LogP contribution in [0.3, 0.4) is 0 Å². The molecule has 2 saturated heterocycles. The van der Waals surface area contributed by atoms with Gasteiger partial charge in [0.15, 0.2) is 5.96 Å². The van der Waals surface area contributed by atoms with Gasteiger partial charge >= 0.3 is 5.97 Å². The Hall–Kier alpha value is -5.46. The topological polar surface area (TPSA) is 305 Å². The molecule has 2 fully saturated rings. The fraction of sp³-hybridized carbons (Fsp3) is 0.641. The number of rotatable bonds is 20. The molecule has 19 heteroatoms. The van der Waals surface area contributed by atoms with Crippen LogP contribution in [0.1, 0.15) is 85.1 Å². The average molecular weight is 815 g/mol. The van der Waals surface area contributed by atoms with Gasteiger partial charge in [-0.1, -0.05) is 39.8 Å². The first-order chi connectivity index (χ1) is 27.3. The van der Waals surface area contributed by atoms with E-state index in [0.29, 0.717) is 24.8 Å². The fourth-order valence-corrected chi connectivity index (χ4v) is 7.15. The van der Waals surface area contributed by atoms with Crippen molar-refractivity contribution in [1.29, 1.82) is 0 Å². The number of guanidine groups is 1. The highest BCUT2D eigenvalue weighted by Gasteiger charge is 2.41. The first kappa shape index (κ1) is 46.9. The Morgan fingerprint density at radius 3 is 1.90 bits per heavy atom. The molecule has 1 aromatic carbocycles. The molecule has 7 atom stereocenters. The molecule has 7 unspecified atom stereocenters. The minimum atomic E-state index is -1.20. The summed E-state index contributed by atoms with van der Waals surface area (Å²) < 4.78 is 0. The zero-order valence-electron chi connectivity index (χ0n) is 34.1. The number of amides is 6. The number of nitrogens with one attached hydrogen (secondary N) is 4. The maximum Gasteiger partial charge on any atom is 0.326 e. The van der Waals surface area contributed by atoms with E-state index in [1.165, 1.54) is 28.9 Å². The summed E-state index contributed by atoms with van der Waals surface area (Å²) in [6, 6.07) is -1.26. The Morgan fingerprint density at radius 2 is 1.34 bits per heavy atom. The summed E-state index contributed by atoms with van der Waals surface area (Å²) in [5, 5.41) is 30.4. The Kier molecular flexibility index (Phi) is 17.7. The second kappa shape index (κ2) is 21.9. The van der Waals surface area contributed by atoms with Crippen molar-refractivity contribution in [2.75, 3.05) is 19.6 Å². The number of aromatic hydroxyl groups is 1. The lowest BCUT2D eigenvalue weighted by atomic mass is 9.98. The van der Waals surface area contributed by atoms with E-state index in [1.54, 1.807) is 26.0 Å². The van der Waals surface area contributed by atoms with Gasteiger partial charge in [-0.15, -0.1) is 0 Å². The largest absolute Gasteiger partial charge is 0.508 e. The molecule has 3 rings (SSSR count).